The number of rotatable bonds is 4. The Morgan fingerprint density at radius 2 is 2.35 bits per heavy atom. The Morgan fingerprint density at radius 3 is 2.82 bits per heavy atom. The molecule has 0 saturated heterocycles. The molecule has 0 saturated carbocycles. The maximum atomic E-state index is 5.92. The van der Waals surface area contributed by atoms with Crippen LogP contribution >= 0.6 is 22.9 Å². The molecule has 92 valence electrons. The Labute approximate surface area is 109 Å². The summed E-state index contributed by atoms with van der Waals surface area (Å²) in [5.74, 6) is 5.62. The monoisotopic (exact) mass is 270 g/mol. The number of nitrogens with zero attached hydrogens (tertiary/aromatic N) is 2. The molecule has 0 radical (unpaired) electrons. The second-order valence-corrected chi connectivity index (χ2v) is 5.76. The predicted molar refractivity (Wildman–Crippen MR) is 71.0 cm³/mol. The molecular formula is C11H15ClN4S. The summed E-state index contributed by atoms with van der Waals surface area (Å²) in [5.41, 5.74) is 4.90. The van der Waals surface area contributed by atoms with Crippen molar-refractivity contribution < 1.29 is 0 Å². The first kappa shape index (κ1) is 12.6. The lowest BCUT2D eigenvalue weighted by atomic mass is 10.1. The number of hydrogen-bond donors (Lipinski definition) is 2. The Kier molecular flexibility index (Phi) is 3.83. The molecule has 0 bridgehead atoms. The van der Waals surface area contributed by atoms with Crippen molar-refractivity contribution in [3.05, 3.63) is 38.8 Å². The van der Waals surface area contributed by atoms with E-state index in [9.17, 15) is 0 Å². The van der Waals surface area contributed by atoms with Crippen LogP contribution < -0.4 is 11.3 Å². The van der Waals surface area contributed by atoms with Crippen molar-refractivity contribution in [3.63, 3.8) is 0 Å². The first-order valence-corrected chi connectivity index (χ1v) is 6.50. The zero-order chi connectivity index (χ0) is 12.4. The van der Waals surface area contributed by atoms with Crippen molar-refractivity contribution in [2.45, 2.75) is 19.4 Å². The Hall–Kier alpha value is -0.880. The van der Waals surface area contributed by atoms with Crippen molar-refractivity contribution in [1.29, 1.82) is 0 Å². The van der Waals surface area contributed by atoms with Gasteiger partial charge >= 0.3 is 0 Å². The van der Waals surface area contributed by atoms with Crippen molar-refractivity contribution in [1.82, 2.24) is 15.2 Å². The van der Waals surface area contributed by atoms with Gasteiger partial charge < -0.3 is 0 Å². The van der Waals surface area contributed by atoms with Gasteiger partial charge in [-0.15, -0.1) is 11.3 Å². The highest BCUT2D eigenvalue weighted by Crippen LogP contribution is 2.26. The molecule has 2 rings (SSSR count). The van der Waals surface area contributed by atoms with E-state index in [1.807, 2.05) is 36.9 Å². The molecule has 2 aromatic heterocycles. The second kappa shape index (κ2) is 5.18. The molecule has 2 heterocycles. The molecule has 6 heteroatoms. The molecule has 17 heavy (non-hydrogen) atoms. The largest absolute Gasteiger partial charge is 0.271 e. The Bertz CT molecular complexity index is 505. The number of hydrazine groups is 1. The van der Waals surface area contributed by atoms with Gasteiger partial charge in [-0.1, -0.05) is 11.6 Å². The molecule has 0 aromatic carbocycles. The highest BCUT2D eigenvalue weighted by molar-refractivity contribution is 7.16. The first-order chi connectivity index (χ1) is 8.10. The van der Waals surface area contributed by atoms with Gasteiger partial charge in [-0.05, 0) is 25.1 Å². The molecule has 0 aliphatic heterocycles. The lowest BCUT2D eigenvalue weighted by Crippen LogP contribution is -2.30. The van der Waals surface area contributed by atoms with Gasteiger partial charge in [0, 0.05) is 18.3 Å². The van der Waals surface area contributed by atoms with Crippen LogP contribution in [0.1, 0.15) is 22.3 Å². The molecule has 4 nitrogen and oxygen atoms in total. The van der Waals surface area contributed by atoms with Gasteiger partial charge in [0.1, 0.15) is 0 Å². The van der Waals surface area contributed by atoms with Crippen LogP contribution in [0, 0.1) is 6.92 Å². The van der Waals surface area contributed by atoms with Gasteiger partial charge in [-0.2, -0.15) is 5.10 Å². The molecule has 0 amide bonds. The van der Waals surface area contributed by atoms with E-state index in [0.29, 0.717) is 0 Å². The second-order valence-electron chi connectivity index (χ2n) is 3.96. The molecular weight excluding hydrogens is 256 g/mol. The van der Waals surface area contributed by atoms with Crippen LogP contribution in [0.4, 0.5) is 0 Å². The van der Waals surface area contributed by atoms with Gasteiger partial charge in [-0.3, -0.25) is 16.0 Å². The summed E-state index contributed by atoms with van der Waals surface area (Å²) in [6, 6.07) is 6.03. The van der Waals surface area contributed by atoms with Gasteiger partial charge in [0.2, 0.25) is 0 Å². The molecule has 0 aliphatic rings. The van der Waals surface area contributed by atoms with Gasteiger partial charge in [0.05, 0.1) is 21.8 Å². The van der Waals surface area contributed by atoms with Crippen LogP contribution in [0.15, 0.2) is 18.2 Å². The third-order valence-electron chi connectivity index (χ3n) is 2.63. The fraction of sp³-hybridized carbons (Fsp3) is 0.364. The Balaban J connectivity index is 2.19. The van der Waals surface area contributed by atoms with E-state index in [2.05, 4.69) is 10.5 Å². The Morgan fingerprint density at radius 1 is 1.59 bits per heavy atom. The molecule has 0 spiro atoms. The van der Waals surface area contributed by atoms with E-state index in [1.54, 1.807) is 11.3 Å². The number of halogens is 1. The standard InChI is InChI=1S/C11H15ClN4S/c1-7-5-10(16(2)15-7)9(14-13)6-8-3-4-11(12)17-8/h3-5,9,14H,6,13H2,1-2H3. The minimum atomic E-state index is 0.0518. The maximum absolute atomic E-state index is 5.92. The van der Waals surface area contributed by atoms with Crippen LogP contribution in [0.2, 0.25) is 4.34 Å². The SMILES string of the molecule is Cc1cc(C(Cc2ccc(Cl)s2)NN)n(C)n1. The predicted octanol–water partition coefficient (Wildman–Crippen LogP) is 2.19. The summed E-state index contributed by atoms with van der Waals surface area (Å²) in [4.78, 5) is 1.21. The van der Waals surface area contributed by atoms with Gasteiger partial charge in [0.15, 0.2) is 0 Å². The van der Waals surface area contributed by atoms with Crippen LogP contribution in [0.5, 0.6) is 0 Å². The quantitative estimate of drug-likeness (QED) is 0.661. The van der Waals surface area contributed by atoms with Gasteiger partial charge in [-0.25, -0.2) is 0 Å². The van der Waals surface area contributed by atoms with E-state index in [4.69, 9.17) is 17.4 Å². The number of thiophene rings is 1. The maximum Gasteiger partial charge on any atom is 0.0931 e. The molecule has 3 N–H and O–H groups in total. The lowest BCUT2D eigenvalue weighted by Gasteiger charge is -2.15. The third kappa shape index (κ3) is 2.87. The molecule has 2 aromatic rings. The molecule has 0 fully saturated rings. The number of aromatic nitrogens is 2. The number of nitrogens with one attached hydrogen (secondary N) is 1. The summed E-state index contributed by atoms with van der Waals surface area (Å²) in [6.07, 6.45) is 0.812. The highest BCUT2D eigenvalue weighted by Gasteiger charge is 2.16. The fourth-order valence-corrected chi connectivity index (χ4v) is 3.00. The normalized spacial score (nSPS) is 12.9. The number of nitrogens with two attached hydrogens (primary N) is 1. The van der Waals surface area contributed by atoms with Crippen molar-refractivity contribution in [2.75, 3.05) is 0 Å². The van der Waals surface area contributed by atoms with Crippen LogP contribution in [-0.2, 0) is 13.5 Å². The van der Waals surface area contributed by atoms with E-state index in [0.717, 1.165) is 22.1 Å². The summed E-state index contributed by atoms with van der Waals surface area (Å²) < 4.78 is 2.66. The van der Waals surface area contributed by atoms with Crippen LogP contribution in [0.25, 0.3) is 0 Å². The van der Waals surface area contributed by atoms with Gasteiger partial charge in [0.25, 0.3) is 0 Å². The summed E-state index contributed by atoms with van der Waals surface area (Å²) in [7, 11) is 1.92. The van der Waals surface area contributed by atoms with Crippen molar-refractivity contribution in [2.24, 2.45) is 12.9 Å². The van der Waals surface area contributed by atoms with Crippen LogP contribution in [-0.4, -0.2) is 9.78 Å². The first-order valence-electron chi connectivity index (χ1n) is 5.31. The highest BCUT2D eigenvalue weighted by atomic mass is 35.5. The average Bonchev–Trinajstić information content (AvgIpc) is 2.82. The minimum Gasteiger partial charge on any atom is -0.271 e. The van der Waals surface area contributed by atoms with Crippen LogP contribution in [0.3, 0.4) is 0 Å². The molecule has 1 unspecified atom stereocenters. The number of aryl methyl sites for hydroxylation is 2. The van der Waals surface area contributed by atoms with E-state index < -0.39 is 0 Å². The molecule has 0 aliphatic carbocycles. The van der Waals surface area contributed by atoms with E-state index >= 15 is 0 Å². The number of hydrogen-bond acceptors (Lipinski definition) is 4. The summed E-state index contributed by atoms with van der Waals surface area (Å²) in [6.45, 7) is 1.97. The summed E-state index contributed by atoms with van der Waals surface area (Å²) >= 11 is 7.50. The zero-order valence-electron chi connectivity index (χ0n) is 9.77. The summed E-state index contributed by atoms with van der Waals surface area (Å²) in [5, 5.41) is 4.33. The lowest BCUT2D eigenvalue weighted by molar-refractivity contribution is 0.511. The van der Waals surface area contributed by atoms with E-state index in [1.165, 1.54) is 4.88 Å². The van der Waals surface area contributed by atoms with E-state index in [-0.39, 0.29) is 6.04 Å². The zero-order valence-corrected chi connectivity index (χ0v) is 11.3. The topological polar surface area (TPSA) is 55.9 Å². The molecule has 1 atom stereocenters. The third-order valence-corrected chi connectivity index (χ3v) is 3.88. The van der Waals surface area contributed by atoms with Crippen molar-refractivity contribution in [3.8, 4) is 0 Å². The minimum absolute atomic E-state index is 0.0518. The fourth-order valence-electron chi connectivity index (χ4n) is 1.87. The van der Waals surface area contributed by atoms with Crippen molar-refractivity contribution >= 4 is 22.9 Å². The smallest absolute Gasteiger partial charge is 0.0931 e. The average molecular weight is 271 g/mol.